The molecule has 0 saturated carbocycles. The van der Waals surface area contributed by atoms with Crippen LogP contribution in [0.25, 0.3) is 10.9 Å². The van der Waals surface area contributed by atoms with Crippen LogP contribution >= 0.6 is 0 Å². The largest absolute Gasteiger partial charge is 0.323 e. The van der Waals surface area contributed by atoms with Crippen molar-refractivity contribution in [2.75, 3.05) is 10.6 Å². The number of fused-ring (bicyclic) bond motifs is 1. The van der Waals surface area contributed by atoms with Gasteiger partial charge in [-0.15, -0.1) is 0 Å². The maximum Gasteiger partial charge on any atom is 0.229 e. The first kappa shape index (κ1) is 15.1. The zero-order chi connectivity index (χ0) is 17.2. The number of halogens is 1. The van der Waals surface area contributed by atoms with E-state index in [0.717, 1.165) is 16.6 Å². The normalized spacial score (nSPS) is 10.8. The van der Waals surface area contributed by atoms with E-state index in [1.54, 1.807) is 18.2 Å². The van der Waals surface area contributed by atoms with Gasteiger partial charge >= 0.3 is 0 Å². The highest BCUT2D eigenvalue weighted by Crippen LogP contribution is 2.26. The molecule has 0 atom stereocenters. The second-order valence-electron chi connectivity index (χ2n) is 5.58. The molecule has 6 nitrogen and oxygen atoms in total. The Hall–Kier alpha value is -3.48. The number of hydrogen-bond donors (Lipinski definition) is 3. The molecule has 3 N–H and O–H groups in total. The van der Waals surface area contributed by atoms with Crippen molar-refractivity contribution in [3.8, 4) is 0 Å². The Bertz CT molecular complexity index is 1040. The maximum absolute atomic E-state index is 13.9. The molecule has 0 unspecified atom stereocenters. The minimum Gasteiger partial charge on any atom is -0.323 e. The molecule has 4 rings (SSSR count). The third-order valence-electron chi connectivity index (χ3n) is 3.68. The molecule has 0 bridgehead atoms. The van der Waals surface area contributed by atoms with Crippen LogP contribution in [0.4, 0.5) is 27.7 Å². The van der Waals surface area contributed by atoms with E-state index in [4.69, 9.17) is 0 Å². The van der Waals surface area contributed by atoms with Gasteiger partial charge in [-0.25, -0.2) is 9.37 Å². The fraction of sp³-hybridized carbons (Fsp3) is 0.0556. The molecule has 2 aromatic carbocycles. The smallest absolute Gasteiger partial charge is 0.229 e. The van der Waals surface area contributed by atoms with Crippen LogP contribution in [-0.2, 0) is 0 Å². The molecule has 0 saturated heterocycles. The number of H-pyrrole nitrogens is 1. The first-order chi connectivity index (χ1) is 12.2. The molecule has 2 aromatic heterocycles. The number of rotatable bonds is 4. The highest BCUT2D eigenvalue weighted by molar-refractivity contribution is 5.91. The van der Waals surface area contributed by atoms with Gasteiger partial charge in [-0.1, -0.05) is 24.3 Å². The monoisotopic (exact) mass is 334 g/mol. The Labute approximate surface area is 143 Å². The van der Waals surface area contributed by atoms with Gasteiger partial charge in [0.15, 0.2) is 5.82 Å². The quantitative estimate of drug-likeness (QED) is 0.519. The minimum absolute atomic E-state index is 0.304. The van der Waals surface area contributed by atoms with Gasteiger partial charge in [-0.05, 0) is 31.2 Å². The second-order valence-corrected chi connectivity index (χ2v) is 5.58. The molecule has 2 heterocycles. The van der Waals surface area contributed by atoms with Crippen molar-refractivity contribution in [3.63, 3.8) is 0 Å². The lowest BCUT2D eigenvalue weighted by Gasteiger charge is -2.11. The molecule has 25 heavy (non-hydrogen) atoms. The summed E-state index contributed by atoms with van der Waals surface area (Å²) < 4.78 is 13.9. The molecule has 0 amide bonds. The number of benzene rings is 2. The summed E-state index contributed by atoms with van der Waals surface area (Å²) in [5.74, 6) is 1.18. The molecule has 0 fully saturated rings. The summed E-state index contributed by atoms with van der Waals surface area (Å²) in [5.41, 5.74) is 2.00. The molecule has 4 aromatic rings. The molecule has 0 aliphatic rings. The standard InChI is InChI=1S/C18H15FN6/c1-11-10-16(25-24-11)22-17-12-6-2-4-8-14(12)20-18(23-17)21-15-9-5-3-7-13(15)19/h2-10H,1H3,(H3,20,21,22,23,24,25). The molecule has 0 aliphatic heterocycles. The third-order valence-corrected chi connectivity index (χ3v) is 3.68. The number of aromatic amines is 1. The van der Waals surface area contributed by atoms with Gasteiger partial charge in [0.1, 0.15) is 11.6 Å². The first-order valence-corrected chi connectivity index (χ1v) is 7.76. The van der Waals surface area contributed by atoms with E-state index < -0.39 is 0 Å². The number of aromatic nitrogens is 4. The minimum atomic E-state index is -0.364. The summed E-state index contributed by atoms with van der Waals surface area (Å²) in [6.07, 6.45) is 0. The van der Waals surface area contributed by atoms with Crippen molar-refractivity contribution in [1.29, 1.82) is 0 Å². The Morgan fingerprint density at radius 1 is 0.960 bits per heavy atom. The summed E-state index contributed by atoms with van der Waals surface area (Å²) in [7, 11) is 0. The topological polar surface area (TPSA) is 78.5 Å². The van der Waals surface area contributed by atoms with Gasteiger partial charge in [-0.2, -0.15) is 10.1 Å². The SMILES string of the molecule is Cc1cc(Nc2nc(Nc3ccccc3F)nc3ccccc23)n[nH]1. The molecule has 0 aliphatic carbocycles. The average molecular weight is 334 g/mol. The van der Waals surface area contributed by atoms with Crippen molar-refractivity contribution >= 4 is 34.2 Å². The predicted molar refractivity (Wildman–Crippen MR) is 95.8 cm³/mol. The molecular formula is C18H15FN6. The van der Waals surface area contributed by atoms with E-state index in [9.17, 15) is 4.39 Å². The van der Waals surface area contributed by atoms with Crippen molar-refractivity contribution in [2.45, 2.75) is 6.92 Å². The van der Waals surface area contributed by atoms with Crippen molar-refractivity contribution in [2.24, 2.45) is 0 Å². The molecule has 124 valence electrons. The van der Waals surface area contributed by atoms with Crippen LogP contribution in [-0.4, -0.2) is 20.2 Å². The lowest BCUT2D eigenvalue weighted by Crippen LogP contribution is -2.03. The molecule has 7 heteroatoms. The van der Waals surface area contributed by atoms with Gasteiger partial charge in [-0.3, -0.25) is 5.10 Å². The lowest BCUT2D eigenvalue weighted by atomic mass is 10.2. The Kier molecular flexibility index (Phi) is 3.74. The van der Waals surface area contributed by atoms with Crippen LogP contribution in [0.1, 0.15) is 5.69 Å². The van der Waals surface area contributed by atoms with Crippen molar-refractivity contribution < 1.29 is 4.39 Å². The Morgan fingerprint density at radius 3 is 2.56 bits per heavy atom. The van der Waals surface area contributed by atoms with E-state index in [2.05, 4.69) is 30.8 Å². The number of para-hydroxylation sites is 2. The van der Waals surface area contributed by atoms with Gasteiger partial charge in [0, 0.05) is 17.1 Å². The number of nitrogens with one attached hydrogen (secondary N) is 3. The molecular weight excluding hydrogens is 319 g/mol. The first-order valence-electron chi connectivity index (χ1n) is 7.76. The summed E-state index contributed by atoms with van der Waals surface area (Å²) in [4.78, 5) is 8.95. The summed E-state index contributed by atoms with van der Waals surface area (Å²) >= 11 is 0. The van der Waals surface area contributed by atoms with E-state index in [1.165, 1.54) is 6.07 Å². The van der Waals surface area contributed by atoms with Crippen molar-refractivity contribution in [1.82, 2.24) is 20.2 Å². The maximum atomic E-state index is 13.9. The number of anilines is 4. The van der Waals surface area contributed by atoms with Crippen LogP contribution in [0.15, 0.2) is 54.6 Å². The van der Waals surface area contributed by atoms with Gasteiger partial charge in [0.2, 0.25) is 5.95 Å². The Morgan fingerprint density at radius 2 is 1.76 bits per heavy atom. The van der Waals surface area contributed by atoms with E-state index >= 15 is 0 Å². The fourth-order valence-corrected chi connectivity index (χ4v) is 2.51. The lowest BCUT2D eigenvalue weighted by molar-refractivity contribution is 0.631. The zero-order valence-electron chi connectivity index (χ0n) is 13.4. The summed E-state index contributed by atoms with van der Waals surface area (Å²) in [6, 6.07) is 15.9. The number of nitrogens with zero attached hydrogens (tertiary/aromatic N) is 3. The van der Waals surface area contributed by atoms with E-state index in [0.29, 0.717) is 23.3 Å². The Balaban J connectivity index is 1.76. The fourth-order valence-electron chi connectivity index (χ4n) is 2.51. The van der Waals surface area contributed by atoms with Crippen LogP contribution in [0.2, 0.25) is 0 Å². The summed E-state index contributed by atoms with van der Waals surface area (Å²) in [5, 5.41) is 14.0. The predicted octanol–water partition coefficient (Wildman–Crippen LogP) is 4.29. The highest BCUT2D eigenvalue weighted by Gasteiger charge is 2.10. The van der Waals surface area contributed by atoms with Crippen LogP contribution in [0.5, 0.6) is 0 Å². The third kappa shape index (κ3) is 3.12. The van der Waals surface area contributed by atoms with Crippen molar-refractivity contribution in [3.05, 3.63) is 66.1 Å². The van der Waals surface area contributed by atoms with Gasteiger partial charge in [0.25, 0.3) is 0 Å². The number of hydrogen-bond acceptors (Lipinski definition) is 5. The van der Waals surface area contributed by atoms with Crippen LogP contribution in [0.3, 0.4) is 0 Å². The van der Waals surface area contributed by atoms with Crippen LogP contribution in [0, 0.1) is 12.7 Å². The molecule has 0 radical (unpaired) electrons. The van der Waals surface area contributed by atoms with E-state index in [-0.39, 0.29) is 5.82 Å². The van der Waals surface area contributed by atoms with Crippen LogP contribution < -0.4 is 10.6 Å². The average Bonchev–Trinajstić information content (AvgIpc) is 3.02. The van der Waals surface area contributed by atoms with Gasteiger partial charge in [0.05, 0.1) is 11.2 Å². The second kappa shape index (κ2) is 6.20. The van der Waals surface area contributed by atoms with E-state index in [1.807, 2.05) is 37.3 Å². The zero-order valence-corrected chi connectivity index (χ0v) is 13.4. The summed E-state index contributed by atoms with van der Waals surface area (Å²) in [6.45, 7) is 1.92. The number of aryl methyl sites for hydroxylation is 1. The molecule has 0 spiro atoms. The van der Waals surface area contributed by atoms with Gasteiger partial charge < -0.3 is 10.6 Å². The highest BCUT2D eigenvalue weighted by atomic mass is 19.1.